The second-order valence-corrected chi connectivity index (χ2v) is 5.09. The van der Waals surface area contributed by atoms with E-state index in [4.69, 9.17) is 0 Å². The molecule has 2 heterocycles. The van der Waals surface area contributed by atoms with Crippen molar-refractivity contribution in [3.8, 4) is 0 Å². The number of rotatable bonds is 4. The SMILES string of the molecule is C[C@H]1CN(CCCc2cnc[nH]2)S(=O)N1. The van der Waals surface area contributed by atoms with Gasteiger partial charge >= 0.3 is 0 Å². The van der Waals surface area contributed by atoms with Gasteiger partial charge < -0.3 is 4.98 Å². The topological polar surface area (TPSA) is 61.0 Å². The van der Waals surface area contributed by atoms with Crippen LogP contribution in [0.3, 0.4) is 0 Å². The maximum atomic E-state index is 11.5. The minimum absolute atomic E-state index is 0.331. The number of nitrogens with one attached hydrogen (secondary N) is 2. The van der Waals surface area contributed by atoms with E-state index in [0.29, 0.717) is 6.04 Å². The van der Waals surface area contributed by atoms with E-state index in [1.165, 1.54) is 0 Å². The highest BCUT2D eigenvalue weighted by atomic mass is 32.2. The largest absolute Gasteiger partial charge is 0.348 e. The maximum Gasteiger partial charge on any atom is 0.170 e. The molecule has 0 aliphatic carbocycles. The third-order valence-electron chi connectivity index (χ3n) is 2.42. The lowest BCUT2D eigenvalue weighted by molar-refractivity contribution is 0.445. The number of aromatic nitrogens is 2. The van der Waals surface area contributed by atoms with Gasteiger partial charge in [0.1, 0.15) is 0 Å². The van der Waals surface area contributed by atoms with E-state index in [2.05, 4.69) is 14.7 Å². The fourth-order valence-corrected chi connectivity index (χ4v) is 2.92. The molecular weight excluding hydrogens is 212 g/mol. The van der Waals surface area contributed by atoms with Gasteiger partial charge in [-0.15, -0.1) is 0 Å². The van der Waals surface area contributed by atoms with E-state index in [-0.39, 0.29) is 0 Å². The molecule has 1 aromatic heterocycles. The van der Waals surface area contributed by atoms with Crippen LogP contribution in [0.15, 0.2) is 12.5 Å². The van der Waals surface area contributed by atoms with Crippen LogP contribution in [0.2, 0.25) is 0 Å². The molecule has 2 N–H and O–H groups in total. The number of nitrogens with zero attached hydrogens (tertiary/aromatic N) is 2. The Morgan fingerprint density at radius 3 is 3.20 bits per heavy atom. The van der Waals surface area contributed by atoms with Crippen LogP contribution in [0.25, 0.3) is 0 Å². The van der Waals surface area contributed by atoms with Crippen LogP contribution in [0.5, 0.6) is 0 Å². The molecule has 5 nitrogen and oxygen atoms in total. The summed E-state index contributed by atoms with van der Waals surface area (Å²) in [5.74, 6) is 0. The molecule has 1 aromatic rings. The predicted octanol–water partition coefficient (Wildman–Crippen LogP) is 0.215. The summed E-state index contributed by atoms with van der Waals surface area (Å²) in [5, 5.41) is 0. The summed E-state index contributed by atoms with van der Waals surface area (Å²) < 4.78 is 16.4. The molecule has 1 unspecified atom stereocenters. The Morgan fingerprint density at radius 2 is 2.60 bits per heavy atom. The zero-order valence-corrected chi connectivity index (χ0v) is 9.59. The number of aromatic amines is 1. The lowest BCUT2D eigenvalue weighted by Crippen LogP contribution is -2.24. The van der Waals surface area contributed by atoms with Crippen LogP contribution in [0.1, 0.15) is 19.0 Å². The van der Waals surface area contributed by atoms with Gasteiger partial charge in [-0.3, -0.25) is 0 Å². The molecule has 1 aliphatic heterocycles. The van der Waals surface area contributed by atoms with Gasteiger partial charge in [-0.25, -0.2) is 18.2 Å². The average Bonchev–Trinajstić information content (AvgIpc) is 2.77. The van der Waals surface area contributed by atoms with Crippen LogP contribution < -0.4 is 4.72 Å². The predicted molar refractivity (Wildman–Crippen MR) is 59.2 cm³/mol. The van der Waals surface area contributed by atoms with Crippen LogP contribution in [-0.2, 0) is 17.6 Å². The molecule has 0 aromatic carbocycles. The molecule has 0 bridgehead atoms. The van der Waals surface area contributed by atoms with E-state index >= 15 is 0 Å². The highest BCUT2D eigenvalue weighted by Gasteiger charge is 2.24. The first kappa shape index (κ1) is 10.8. The van der Waals surface area contributed by atoms with Crippen molar-refractivity contribution in [2.24, 2.45) is 0 Å². The van der Waals surface area contributed by atoms with Gasteiger partial charge in [-0.1, -0.05) is 0 Å². The number of hydrogen-bond acceptors (Lipinski definition) is 2. The summed E-state index contributed by atoms with van der Waals surface area (Å²) in [4.78, 5) is 7.02. The number of hydrogen-bond donors (Lipinski definition) is 2. The van der Waals surface area contributed by atoms with E-state index in [9.17, 15) is 4.21 Å². The molecule has 1 saturated heterocycles. The summed E-state index contributed by atoms with van der Waals surface area (Å²) in [6.07, 6.45) is 5.49. The van der Waals surface area contributed by atoms with Crippen molar-refractivity contribution in [3.63, 3.8) is 0 Å². The zero-order chi connectivity index (χ0) is 10.7. The van der Waals surface area contributed by atoms with Gasteiger partial charge in [0, 0.05) is 31.0 Å². The number of imidazole rings is 1. The quantitative estimate of drug-likeness (QED) is 0.774. The molecular formula is C9H16N4OS. The Hall–Kier alpha value is -0.720. The van der Waals surface area contributed by atoms with Crippen molar-refractivity contribution in [3.05, 3.63) is 18.2 Å². The van der Waals surface area contributed by atoms with E-state index < -0.39 is 11.2 Å². The summed E-state index contributed by atoms with van der Waals surface area (Å²) in [6, 6.07) is 0.331. The van der Waals surface area contributed by atoms with E-state index in [1.807, 2.05) is 17.4 Å². The molecule has 0 saturated carbocycles. The third kappa shape index (κ3) is 2.87. The minimum atomic E-state index is -0.981. The van der Waals surface area contributed by atoms with Crippen molar-refractivity contribution in [2.75, 3.05) is 13.1 Å². The fourth-order valence-electron chi connectivity index (χ4n) is 1.70. The lowest BCUT2D eigenvalue weighted by Gasteiger charge is -2.11. The van der Waals surface area contributed by atoms with E-state index in [1.54, 1.807) is 6.33 Å². The Labute approximate surface area is 92.0 Å². The normalized spacial score (nSPS) is 27.3. The minimum Gasteiger partial charge on any atom is -0.348 e. The van der Waals surface area contributed by atoms with Gasteiger partial charge in [0.15, 0.2) is 11.2 Å². The molecule has 0 spiro atoms. The number of H-pyrrole nitrogens is 1. The van der Waals surface area contributed by atoms with Crippen molar-refractivity contribution in [1.29, 1.82) is 0 Å². The Balaban J connectivity index is 1.72. The number of aryl methyl sites for hydroxylation is 1. The molecule has 1 aliphatic rings. The lowest BCUT2D eigenvalue weighted by atomic mass is 10.2. The second kappa shape index (κ2) is 4.87. The fraction of sp³-hybridized carbons (Fsp3) is 0.667. The third-order valence-corrected chi connectivity index (χ3v) is 3.83. The first-order valence-corrected chi connectivity index (χ1v) is 6.26. The molecule has 6 heteroatoms. The van der Waals surface area contributed by atoms with Gasteiger partial charge in [0.25, 0.3) is 0 Å². The summed E-state index contributed by atoms with van der Waals surface area (Å²) in [6.45, 7) is 3.78. The Bertz CT molecular complexity index is 327. The first-order valence-electron chi connectivity index (χ1n) is 5.16. The zero-order valence-electron chi connectivity index (χ0n) is 8.77. The Morgan fingerprint density at radius 1 is 1.73 bits per heavy atom. The molecule has 1 fully saturated rings. The molecule has 0 radical (unpaired) electrons. The summed E-state index contributed by atoms with van der Waals surface area (Å²) >= 11 is -0.981. The molecule has 84 valence electrons. The molecule has 2 rings (SSSR count). The van der Waals surface area contributed by atoms with Crippen molar-refractivity contribution in [2.45, 2.75) is 25.8 Å². The van der Waals surface area contributed by atoms with Crippen LogP contribution >= 0.6 is 0 Å². The molecule has 2 atom stereocenters. The molecule has 0 amide bonds. The van der Waals surface area contributed by atoms with E-state index in [0.717, 1.165) is 31.6 Å². The van der Waals surface area contributed by atoms with Crippen LogP contribution in [-0.4, -0.2) is 37.6 Å². The summed E-state index contributed by atoms with van der Waals surface area (Å²) in [5.41, 5.74) is 1.14. The van der Waals surface area contributed by atoms with Gasteiger partial charge in [0.2, 0.25) is 0 Å². The average molecular weight is 228 g/mol. The standard InChI is InChI=1S/C9H16N4OS/c1-8-6-13(15(14)12-8)4-2-3-9-5-10-7-11-9/h5,7-8,12H,2-4,6H2,1H3,(H,10,11)/t8-,15?/m0/s1. The van der Waals surface area contributed by atoms with Crippen molar-refractivity contribution in [1.82, 2.24) is 19.0 Å². The highest BCUT2D eigenvalue weighted by molar-refractivity contribution is 7.80. The highest BCUT2D eigenvalue weighted by Crippen LogP contribution is 2.07. The van der Waals surface area contributed by atoms with Gasteiger partial charge in [0.05, 0.1) is 6.33 Å². The van der Waals surface area contributed by atoms with Gasteiger partial charge in [-0.2, -0.15) is 0 Å². The summed E-state index contributed by atoms with van der Waals surface area (Å²) in [7, 11) is 0. The molecule has 15 heavy (non-hydrogen) atoms. The van der Waals surface area contributed by atoms with Crippen LogP contribution in [0.4, 0.5) is 0 Å². The van der Waals surface area contributed by atoms with Gasteiger partial charge in [-0.05, 0) is 19.8 Å². The Kier molecular flexibility index (Phi) is 3.50. The second-order valence-electron chi connectivity index (χ2n) is 3.84. The van der Waals surface area contributed by atoms with Crippen LogP contribution in [0, 0.1) is 0 Å². The first-order chi connectivity index (χ1) is 7.25. The monoisotopic (exact) mass is 228 g/mol. The van der Waals surface area contributed by atoms with Crippen molar-refractivity contribution < 1.29 is 4.21 Å². The van der Waals surface area contributed by atoms with Crippen molar-refractivity contribution >= 4 is 11.2 Å². The smallest absolute Gasteiger partial charge is 0.170 e. The maximum absolute atomic E-state index is 11.5.